The molecule has 1 N–H and O–H groups in total. The SMILES string of the molecule is CC(C)(C)OC(=O)NCC1CC1C(=O)C(C)(C)C. The van der Waals surface area contributed by atoms with Gasteiger partial charge in [0.25, 0.3) is 0 Å². The molecule has 0 saturated heterocycles. The summed E-state index contributed by atoms with van der Waals surface area (Å²) in [7, 11) is 0. The van der Waals surface area contributed by atoms with Crippen molar-refractivity contribution >= 4 is 11.9 Å². The minimum absolute atomic E-state index is 0.111. The van der Waals surface area contributed by atoms with Crippen LogP contribution in [0, 0.1) is 17.3 Å². The van der Waals surface area contributed by atoms with Gasteiger partial charge in [-0.3, -0.25) is 4.79 Å². The zero-order chi connectivity index (χ0) is 14.1. The van der Waals surface area contributed by atoms with E-state index in [-0.39, 0.29) is 17.3 Å². The Morgan fingerprint density at radius 2 is 1.72 bits per heavy atom. The average molecular weight is 255 g/mol. The van der Waals surface area contributed by atoms with Crippen molar-refractivity contribution < 1.29 is 14.3 Å². The normalized spacial score (nSPS) is 23.4. The second-order valence-electron chi connectivity index (χ2n) is 7.10. The van der Waals surface area contributed by atoms with Crippen LogP contribution in [0.15, 0.2) is 0 Å². The average Bonchev–Trinajstić information content (AvgIpc) is 2.88. The largest absolute Gasteiger partial charge is 0.444 e. The van der Waals surface area contributed by atoms with E-state index in [1.54, 1.807) is 0 Å². The molecule has 1 saturated carbocycles. The van der Waals surface area contributed by atoms with E-state index in [2.05, 4.69) is 5.32 Å². The Labute approximate surface area is 109 Å². The molecular formula is C14H25NO3. The first kappa shape index (κ1) is 15.0. The summed E-state index contributed by atoms with van der Waals surface area (Å²) in [5, 5.41) is 2.72. The number of alkyl carbamates (subject to hydrolysis) is 1. The third kappa shape index (κ3) is 4.67. The minimum atomic E-state index is -0.478. The molecule has 0 radical (unpaired) electrons. The summed E-state index contributed by atoms with van der Waals surface area (Å²) >= 11 is 0. The van der Waals surface area contributed by atoms with E-state index < -0.39 is 11.7 Å². The molecule has 0 spiro atoms. The van der Waals surface area contributed by atoms with Gasteiger partial charge in [-0.1, -0.05) is 20.8 Å². The molecule has 1 aliphatic rings. The summed E-state index contributed by atoms with van der Waals surface area (Å²) in [6.45, 7) is 11.8. The fraction of sp³-hybridized carbons (Fsp3) is 0.857. The number of carbonyl (C=O) groups is 2. The van der Waals surface area contributed by atoms with E-state index in [4.69, 9.17) is 4.74 Å². The number of amides is 1. The summed E-state index contributed by atoms with van der Waals surface area (Å²) < 4.78 is 5.14. The Bertz CT molecular complexity index is 336. The lowest BCUT2D eigenvalue weighted by molar-refractivity contribution is -0.127. The molecule has 0 aromatic rings. The highest BCUT2D eigenvalue weighted by Gasteiger charge is 2.46. The highest BCUT2D eigenvalue weighted by atomic mass is 16.6. The zero-order valence-corrected chi connectivity index (χ0v) is 12.3. The molecule has 0 aromatic heterocycles. The highest BCUT2D eigenvalue weighted by Crippen LogP contribution is 2.42. The molecule has 0 bridgehead atoms. The Morgan fingerprint density at radius 1 is 1.17 bits per heavy atom. The van der Waals surface area contributed by atoms with Crippen LogP contribution in [0.25, 0.3) is 0 Å². The van der Waals surface area contributed by atoms with Crippen molar-refractivity contribution in [2.24, 2.45) is 17.3 Å². The Balaban J connectivity index is 2.29. The second kappa shape index (κ2) is 4.90. The van der Waals surface area contributed by atoms with E-state index in [0.29, 0.717) is 12.3 Å². The van der Waals surface area contributed by atoms with Crippen molar-refractivity contribution in [3.05, 3.63) is 0 Å². The van der Waals surface area contributed by atoms with E-state index in [1.165, 1.54) is 0 Å². The fourth-order valence-electron chi connectivity index (χ4n) is 1.88. The Kier molecular flexibility index (Phi) is 4.08. The summed E-state index contributed by atoms with van der Waals surface area (Å²) in [4.78, 5) is 23.4. The van der Waals surface area contributed by atoms with Gasteiger partial charge in [0.05, 0.1) is 0 Å². The van der Waals surface area contributed by atoms with Gasteiger partial charge >= 0.3 is 6.09 Å². The molecular weight excluding hydrogens is 230 g/mol. The van der Waals surface area contributed by atoms with Gasteiger partial charge in [0, 0.05) is 17.9 Å². The van der Waals surface area contributed by atoms with Crippen LogP contribution < -0.4 is 5.32 Å². The van der Waals surface area contributed by atoms with Gasteiger partial charge in [-0.15, -0.1) is 0 Å². The summed E-state index contributed by atoms with van der Waals surface area (Å²) in [5.74, 6) is 0.683. The van der Waals surface area contributed by atoms with E-state index in [0.717, 1.165) is 6.42 Å². The first-order valence-electron chi connectivity index (χ1n) is 6.52. The van der Waals surface area contributed by atoms with Crippen molar-refractivity contribution in [1.29, 1.82) is 0 Å². The molecule has 104 valence electrons. The van der Waals surface area contributed by atoms with E-state index in [9.17, 15) is 9.59 Å². The number of hydrogen-bond donors (Lipinski definition) is 1. The first-order valence-corrected chi connectivity index (χ1v) is 6.52. The molecule has 4 nitrogen and oxygen atoms in total. The molecule has 1 amide bonds. The standard InChI is InChI=1S/C14H25NO3/c1-13(2,3)11(16)10-7-9(10)8-15-12(17)18-14(4,5)6/h9-10H,7-8H2,1-6H3,(H,15,17). The molecule has 18 heavy (non-hydrogen) atoms. The van der Waals surface area contributed by atoms with Gasteiger partial charge in [-0.05, 0) is 33.1 Å². The molecule has 1 aliphatic carbocycles. The van der Waals surface area contributed by atoms with Crippen LogP contribution in [0.2, 0.25) is 0 Å². The maximum Gasteiger partial charge on any atom is 0.407 e. The lowest BCUT2D eigenvalue weighted by Crippen LogP contribution is -2.34. The lowest BCUT2D eigenvalue weighted by Gasteiger charge is -2.20. The van der Waals surface area contributed by atoms with Crippen molar-refractivity contribution in [2.75, 3.05) is 6.54 Å². The maximum absolute atomic E-state index is 12.0. The molecule has 0 heterocycles. The van der Waals surface area contributed by atoms with Gasteiger partial charge in [0.2, 0.25) is 0 Å². The Hall–Kier alpha value is -1.06. The van der Waals surface area contributed by atoms with Crippen LogP contribution in [0.1, 0.15) is 48.0 Å². The third-order valence-corrected chi connectivity index (χ3v) is 2.91. The molecule has 1 rings (SSSR count). The number of ether oxygens (including phenoxy) is 1. The number of Topliss-reactive ketones (excluding diaryl/α,β-unsaturated/α-hetero) is 1. The van der Waals surface area contributed by atoms with Crippen LogP contribution in [0.4, 0.5) is 4.79 Å². The quantitative estimate of drug-likeness (QED) is 0.843. The molecule has 1 fully saturated rings. The van der Waals surface area contributed by atoms with Crippen LogP contribution in [-0.4, -0.2) is 24.0 Å². The zero-order valence-electron chi connectivity index (χ0n) is 12.3. The summed E-state index contributed by atoms with van der Waals surface area (Å²) in [5.41, 5.74) is -0.764. The monoisotopic (exact) mass is 255 g/mol. The molecule has 2 atom stereocenters. The maximum atomic E-state index is 12.0. The first-order chi connectivity index (χ1) is 8.00. The number of ketones is 1. The topological polar surface area (TPSA) is 55.4 Å². The molecule has 4 heteroatoms. The van der Waals surface area contributed by atoms with Crippen molar-refractivity contribution in [2.45, 2.75) is 53.6 Å². The fourth-order valence-corrected chi connectivity index (χ4v) is 1.88. The van der Waals surface area contributed by atoms with Crippen LogP contribution in [0.3, 0.4) is 0 Å². The summed E-state index contributed by atoms with van der Waals surface area (Å²) in [6, 6.07) is 0. The molecule has 0 aliphatic heterocycles. The van der Waals surface area contributed by atoms with Gasteiger partial charge in [0.15, 0.2) is 0 Å². The number of nitrogens with one attached hydrogen (secondary N) is 1. The van der Waals surface area contributed by atoms with Gasteiger partial charge in [0.1, 0.15) is 11.4 Å². The second-order valence-corrected chi connectivity index (χ2v) is 7.10. The lowest BCUT2D eigenvalue weighted by atomic mass is 9.87. The van der Waals surface area contributed by atoms with E-state index in [1.807, 2.05) is 41.5 Å². The van der Waals surface area contributed by atoms with Gasteiger partial charge in [-0.2, -0.15) is 0 Å². The minimum Gasteiger partial charge on any atom is -0.444 e. The van der Waals surface area contributed by atoms with Crippen LogP contribution >= 0.6 is 0 Å². The highest BCUT2D eigenvalue weighted by molar-refractivity contribution is 5.88. The van der Waals surface area contributed by atoms with Gasteiger partial charge < -0.3 is 10.1 Å². The van der Waals surface area contributed by atoms with Crippen molar-refractivity contribution in [3.8, 4) is 0 Å². The number of carbonyl (C=O) groups excluding carboxylic acids is 2. The molecule has 0 aromatic carbocycles. The number of hydrogen-bond acceptors (Lipinski definition) is 3. The van der Waals surface area contributed by atoms with Crippen molar-refractivity contribution in [1.82, 2.24) is 5.32 Å². The third-order valence-electron chi connectivity index (χ3n) is 2.91. The van der Waals surface area contributed by atoms with E-state index >= 15 is 0 Å². The predicted molar refractivity (Wildman–Crippen MR) is 70.3 cm³/mol. The van der Waals surface area contributed by atoms with Crippen LogP contribution in [-0.2, 0) is 9.53 Å². The van der Waals surface area contributed by atoms with Crippen molar-refractivity contribution in [3.63, 3.8) is 0 Å². The summed E-state index contributed by atoms with van der Waals surface area (Å²) in [6.07, 6.45) is 0.475. The van der Waals surface area contributed by atoms with Crippen LogP contribution in [0.5, 0.6) is 0 Å². The smallest absolute Gasteiger partial charge is 0.407 e. The predicted octanol–water partition coefficient (Wildman–Crippen LogP) is 2.76. The van der Waals surface area contributed by atoms with Gasteiger partial charge in [-0.25, -0.2) is 4.79 Å². The number of rotatable bonds is 3. The Morgan fingerprint density at radius 3 is 2.17 bits per heavy atom. The molecule has 2 unspecified atom stereocenters.